The van der Waals surface area contributed by atoms with Crippen LogP contribution in [0.4, 0.5) is 0 Å². The van der Waals surface area contributed by atoms with Gasteiger partial charge in [-0.2, -0.15) is 0 Å². The molecule has 1 aliphatic heterocycles. The summed E-state index contributed by atoms with van der Waals surface area (Å²) in [5.41, 5.74) is -0.699. The van der Waals surface area contributed by atoms with Crippen molar-refractivity contribution < 1.29 is 14.9 Å². The number of aromatic nitrogens is 2. The van der Waals surface area contributed by atoms with Crippen LogP contribution in [0.3, 0.4) is 0 Å². The maximum absolute atomic E-state index is 11.6. The molecule has 1 aliphatic rings. The van der Waals surface area contributed by atoms with Crippen LogP contribution < -0.4 is 11.2 Å². The summed E-state index contributed by atoms with van der Waals surface area (Å²) < 4.78 is 6.45. The van der Waals surface area contributed by atoms with Gasteiger partial charge >= 0.3 is 5.69 Å². The van der Waals surface area contributed by atoms with Crippen molar-refractivity contribution >= 4 is 0 Å². The molecule has 1 aromatic heterocycles. The molecule has 0 aromatic carbocycles. The van der Waals surface area contributed by atoms with Crippen LogP contribution in [0.1, 0.15) is 11.8 Å². The van der Waals surface area contributed by atoms with E-state index >= 15 is 0 Å². The number of ether oxygens (including phenoxy) is 1. The van der Waals surface area contributed by atoms with E-state index in [0.29, 0.717) is 5.56 Å². The Morgan fingerprint density at radius 3 is 2.94 bits per heavy atom. The number of aliphatic hydroxyl groups is 2. The number of H-pyrrole nitrogens is 1. The Bertz CT molecular complexity index is 520. The largest absolute Gasteiger partial charge is 0.396 e. The van der Waals surface area contributed by atoms with E-state index in [1.807, 2.05) is 0 Å². The SMILES string of the molecule is Cc1cn([C@@H]2OC[C@H](O)[C@H]2CO)c(=O)[nH]c1=O. The summed E-state index contributed by atoms with van der Waals surface area (Å²) in [6, 6.07) is 0. The van der Waals surface area contributed by atoms with Crippen molar-refractivity contribution in [3.63, 3.8) is 0 Å². The van der Waals surface area contributed by atoms with Crippen molar-refractivity contribution in [1.29, 1.82) is 0 Å². The predicted molar refractivity (Wildman–Crippen MR) is 57.6 cm³/mol. The zero-order chi connectivity index (χ0) is 12.6. The van der Waals surface area contributed by atoms with Crippen LogP contribution in [0, 0.1) is 12.8 Å². The van der Waals surface area contributed by atoms with Gasteiger partial charge in [0.05, 0.1) is 25.2 Å². The maximum Gasteiger partial charge on any atom is 0.330 e. The van der Waals surface area contributed by atoms with Crippen LogP contribution >= 0.6 is 0 Å². The number of rotatable bonds is 2. The molecule has 7 nitrogen and oxygen atoms in total. The van der Waals surface area contributed by atoms with Crippen LogP contribution in [-0.2, 0) is 4.74 Å². The third-order valence-electron chi connectivity index (χ3n) is 2.93. The van der Waals surface area contributed by atoms with Gasteiger partial charge in [-0.05, 0) is 6.92 Å². The lowest BCUT2D eigenvalue weighted by molar-refractivity contribution is 0.0128. The molecule has 94 valence electrons. The summed E-state index contributed by atoms with van der Waals surface area (Å²) in [6.07, 6.45) is -0.200. The van der Waals surface area contributed by atoms with E-state index in [0.717, 1.165) is 0 Å². The average Bonchev–Trinajstić information content (AvgIpc) is 2.64. The molecular weight excluding hydrogens is 228 g/mol. The van der Waals surface area contributed by atoms with E-state index in [2.05, 4.69) is 4.98 Å². The van der Waals surface area contributed by atoms with Crippen LogP contribution in [-0.4, -0.2) is 39.1 Å². The van der Waals surface area contributed by atoms with Gasteiger partial charge in [0.2, 0.25) is 0 Å². The van der Waals surface area contributed by atoms with Crippen LogP contribution in [0.25, 0.3) is 0 Å². The number of aromatic amines is 1. The lowest BCUT2D eigenvalue weighted by atomic mass is 10.1. The third kappa shape index (κ3) is 2.04. The molecule has 0 unspecified atom stereocenters. The lowest BCUT2D eigenvalue weighted by Gasteiger charge is -2.20. The second-order valence-electron chi connectivity index (χ2n) is 4.12. The minimum Gasteiger partial charge on any atom is -0.396 e. The molecule has 0 bridgehead atoms. The molecule has 2 heterocycles. The highest BCUT2D eigenvalue weighted by atomic mass is 16.5. The molecular formula is C10H14N2O5. The van der Waals surface area contributed by atoms with E-state index in [1.54, 1.807) is 6.92 Å². The normalized spacial score (nSPS) is 28.5. The molecule has 0 radical (unpaired) electrons. The van der Waals surface area contributed by atoms with E-state index in [-0.39, 0.29) is 13.2 Å². The van der Waals surface area contributed by atoms with Gasteiger partial charge in [0.1, 0.15) is 6.23 Å². The van der Waals surface area contributed by atoms with Crippen LogP contribution in [0.2, 0.25) is 0 Å². The number of nitrogens with one attached hydrogen (secondary N) is 1. The van der Waals surface area contributed by atoms with Crippen LogP contribution in [0.5, 0.6) is 0 Å². The Balaban J connectivity index is 2.44. The molecule has 0 spiro atoms. The Morgan fingerprint density at radius 1 is 1.59 bits per heavy atom. The highest BCUT2D eigenvalue weighted by molar-refractivity contribution is 5.02. The van der Waals surface area contributed by atoms with Gasteiger partial charge < -0.3 is 14.9 Å². The maximum atomic E-state index is 11.6. The van der Waals surface area contributed by atoms with Crippen molar-refractivity contribution in [2.75, 3.05) is 13.2 Å². The average molecular weight is 242 g/mol. The minimum absolute atomic E-state index is 0.0561. The molecule has 3 atom stereocenters. The third-order valence-corrected chi connectivity index (χ3v) is 2.93. The summed E-state index contributed by atoms with van der Waals surface area (Å²) >= 11 is 0. The fraction of sp³-hybridized carbons (Fsp3) is 0.600. The van der Waals surface area contributed by atoms with Crippen molar-refractivity contribution in [3.05, 3.63) is 32.6 Å². The van der Waals surface area contributed by atoms with Gasteiger partial charge in [-0.25, -0.2) is 4.79 Å². The summed E-state index contributed by atoms with van der Waals surface area (Å²) in [7, 11) is 0. The van der Waals surface area contributed by atoms with Gasteiger partial charge in [0, 0.05) is 11.8 Å². The first-order chi connectivity index (χ1) is 8.04. The first kappa shape index (κ1) is 12.0. The summed E-state index contributed by atoms with van der Waals surface area (Å²) in [6.45, 7) is 1.32. The Labute approximate surface area is 96.3 Å². The zero-order valence-corrected chi connectivity index (χ0v) is 9.29. The smallest absolute Gasteiger partial charge is 0.330 e. The molecule has 1 fully saturated rings. The number of hydrogen-bond acceptors (Lipinski definition) is 5. The van der Waals surface area contributed by atoms with Gasteiger partial charge in [-0.3, -0.25) is 14.3 Å². The van der Waals surface area contributed by atoms with E-state index < -0.39 is 29.5 Å². The molecule has 17 heavy (non-hydrogen) atoms. The fourth-order valence-corrected chi connectivity index (χ4v) is 1.91. The number of hydrogen-bond donors (Lipinski definition) is 3. The minimum atomic E-state index is -0.816. The fourth-order valence-electron chi connectivity index (χ4n) is 1.91. The van der Waals surface area contributed by atoms with Gasteiger partial charge in [0.25, 0.3) is 5.56 Å². The molecule has 1 aromatic rings. The molecule has 0 saturated carbocycles. The van der Waals surface area contributed by atoms with Gasteiger partial charge in [-0.15, -0.1) is 0 Å². The van der Waals surface area contributed by atoms with E-state index in [9.17, 15) is 14.7 Å². The lowest BCUT2D eigenvalue weighted by Crippen LogP contribution is -2.37. The zero-order valence-electron chi connectivity index (χ0n) is 9.29. The van der Waals surface area contributed by atoms with Crippen LogP contribution in [0.15, 0.2) is 15.8 Å². The standard InChI is InChI=1S/C10H14N2O5/c1-5-2-12(10(16)11-8(5)15)9-6(3-13)7(14)4-17-9/h2,6-7,9,13-14H,3-4H2,1H3,(H,11,15,16)/t6-,7+,9-/m1/s1. The molecule has 1 saturated heterocycles. The second kappa shape index (κ2) is 4.44. The molecule has 7 heteroatoms. The van der Waals surface area contributed by atoms with Crippen molar-refractivity contribution in [1.82, 2.24) is 9.55 Å². The Hall–Kier alpha value is -1.44. The van der Waals surface area contributed by atoms with E-state index in [4.69, 9.17) is 9.84 Å². The highest BCUT2D eigenvalue weighted by Crippen LogP contribution is 2.28. The van der Waals surface area contributed by atoms with Gasteiger partial charge in [0.15, 0.2) is 0 Å². The topological polar surface area (TPSA) is 105 Å². The van der Waals surface area contributed by atoms with Crippen molar-refractivity contribution in [3.8, 4) is 0 Å². The first-order valence-electron chi connectivity index (χ1n) is 5.27. The number of nitrogens with zero attached hydrogens (tertiary/aromatic N) is 1. The summed E-state index contributed by atoms with van der Waals surface area (Å²) in [5.74, 6) is -0.571. The summed E-state index contributed by atoms with van der Waals surface area (Å²) in [5, 5.41) is 18.7. The van der Waals surface area contributed by atoms with Gasteiger partial charge in [-0.1, -0.05) is 0 Å². The molecule has 2 rings (SSSR count). The first-order valence-corrected chi connectivity index (χ1v) is 5.27. The number of aryl methyl sites for hydroxylation is 1. The molecule has 0 aliphatic carbocycles. The monoisotopic (exact) mass is 242 g/mol. The van der Waals surface area contributed by atoms with E-state index in [1.165, 1.54) is 10.8 Å². The Morgan fingerprint density at radius 2 is 2.29 bits per heavy atom. The predicted octanol–water partition coefficient (Wildman–Crippen LogP) is -1.66. The van der Waals surface area contributed by atoms with Crippen molar-refractivity contribution in [2.24, 2.45) is 5.92 Å². The highest BCUT2D eigenvalue weighted by Gasteiger charge is 2.37. The summed E-state index contributed by atoms with van der Waals surface area (Å²) in [4.78, 5) is 25.0. The number of aliphatic hydroxyl groups excluding tert-OH is 2. The quantitative estimate of drug-likeness (QED) is 0.576. The Kier molecular flexibility index (Phi) is 3.14. The molecule has 3 N–H and O–H groups in total. The second-order valence-corrected chi connectivity index (χ2v) is 4.12. The molecule has 0 amide bonds. The van der Waals surface area contributed by atoms with Crippen molar-refractivity contribution in [2.45, 2.75) is 19.3 Å².